The second-order valence-corrected chi connectivity index (χ2v) is 4.80. The third-order valence-electron chi connectivity index (χ3n) is 3.37. The Kier molecular flexibility index (Phi) is 4.12. The number of halogens is 2. The lowest BCUT2D eigenvalue weighted by atomic mass is 10.2. The molecule has 2 aliphatic heterocycles. The van der Waals surface area contributed by atoms with Crippen LogP contribution < -0.4 is 10.2 Å². The number of piperazine rings is 1. The van der Waals surface area contributed by atoms with Crippen LogP contribution in [0.25, 0.3) is 0 Å². The number of amides is 1. The number of fused-ring (bicyclic) bond motifs is 1. The molecule has 0 bridgehead atoms. The summed E-state index contributed by atoms with van der Waals surface area (Å²) >= 11 is 6.14. The summed E-state index contributed by atoms with van der Waals surface area (Å²) in [4.78, 5) is 16.3. The second kappa shape index (κ2) is 5.45. The molecule has 3 rings (SSSR count). The standard InChI is InChI=1S/C12H14ClN3O.ClH/c13-9-3-1-2-4-10(9)16-8-15-6-5-14-7-11(15)12(16)17;/h1-4,11,14H,5-8H2;1H. The third kappa shape index (κ3) is 2.21. The van der Waals surface area contributed by atoms with Crippen molar-refractivity contribution in [2.45, 2.75) is 6.04 Å². The number of anilines is 1. The first-order chi connectivity index (χ1) is 8.27. The number of benzene rings is 1. The zero-order valence-electron chi connectivity index (χ0n) is 9.80. The van der Waals surface area contributed by atoms with Gasteiger partial charge in [0.15, 0.2) is 0 Å². The van der Waals surface area contributed by atoms with Gasteiger partial charge in [-0.05, 0) is 12.1 Å². The topological polar surface area (TPSA) is 35.6 Å². The van der Waals surface area contributed by atoms with E-state index >= 15 is 0 Å². The molecule has 6 heteroatoms. The zero-order valence-corrected chi connectivity index (χ0v) is 11.4. The van der Waals surface area contributed by atoms with Crippen molar-refractivity contribution >= 4 is 35.6 Å². The minimum Gasteiger partial charge on any atom is -0.313 e. The lowest BCUT2D eigenvalue weighted by Crippen LogP contribution is -2.50. The Morgan fingerprint density at radius 1 is 1.33 bits per heavy atom. The maximum atomic E-state index is 12.3. The highest BCUT2D eigenvalue weighted by Gasteiger charge is 2.40. The minimum atomic E-state index is -0.0278. The van der Waals surface area contributed by atoms with Crippen LogP contribution in [0.5, 0.6) is 0 Å². The van der Waals surface area contributed by atoms with Crippen molar-refractivity contribution in [3.8, 4) is 0 Å². The van der Waals surface area contributed by atoms with Crippen LogP contribution in [0.2, 0.25) is 5.02 Å². The molecule has 0 radical (unpaired) electrons. The Balaban J connectivity index is 0.00000120. The van der Waals surface area contributed by atoms with Gasteiger partial charge in [-0.3, -0.25) is 14.6 Å². The van der Waals surface area contributed by atoms with Crippen LogP contribution in [-0.2, 0) is 4.79 Å². The van der Waals surface area contributed by atoms with Gasteiger partial charge in [0.2, 0.25) is 5.91 Å². The van der Waals surface area contributed by atoms with Crippen LogP contribution in [0, 0.1) is 0 Å². The van der Waals surface area contributed by atoms with Gasteiger partial charge in [-0.25, -0.2) is 0 Å². The molecule has 1 aromatic rings. The molecule has 2 fully saturated rings. The minimum absolute atomic E-state index is 0. The van der Waals surface area contributed by atoms with Gasteiger partial charge in [-0.2, -0.15) is 0 Å². The first kappa shape index (κ1) is 13.6. The van der Waals surface area contributed by atoms with Crippen molar-refractivity contribution < 1.29 is 4.79 Å². The molecular formula is C12H15Cl2N3O. The molecular weight excluding hydrogens is 273 g/mol. The first-order valence-corrected chi connectivity index (χ1v) is 6.16. The number of carbonyl (C=O) groups excluding carboxylic acids is 1. The summed E-state index contributed by atoms with van der Waals surface area (Å²) in [6.45, 7) is 3.24. The molecule has 0 spiro atoms. The van der Waals surface area contributed by atoms with Crippen molar-refractivity contribution in [1.29, 1.82) is 0 Å². The SMILES string of the molecule is Cl.O=C1C2CNCCN2CN1c1ccccc1Cl. The molecule has 2 aliphatic rings. The normalized spacial score (nSPS) is 23.7. The van der Waals surface area contributed by atoms with E-state index in [2.05, 4.69) is 10.2 Å². The summed E-state index contributed by atoms with van der Waals surface area (Å²) in [5.41, 5.74) is 0.813. The lowest BCUT2D eigenvalue weighted by molar-refractivity contribution is -0.119. The number of nitrogens with one attached hydrogen (secondary N) is 1. The summed E-state index contributed by atoms with van der Waals surface area (Å²) < 4.78 is 0. The van der Waals surface area contributed by atoms with Gasteiger partial charge in [-0.1, -0.05) is 23.7 Å². The molecule has 0 aliphatic carbocycles. The summed E-state index contributed by atoms with van der Waals surface area (Å²) in [5.74, 6) is 0.144. The third-order valence-corrected chi connectivity index (χ3v) is 3.69. The van der Waals surface area contributed by atoms with Gasteiger partial charge >= 0.3 is 0 Å². The molecule has 1 atom stereocenters. The maximum Gasteiger partial charge on any atom is 0.246 e. The van der Waals surface area contributed by atoms with E-state index in [0.717, 1.165) is 25.3 Å². The monoisotopic (exact) mass is 287 g/mol. The van der Waals surface area contributed by atoms with Crippen molar-refractivity contribution in [2.24, 2.45) is 0 Å². The molecule has 4 nitrogen and oxygen atoms in total. The summed E-state index contributed by atoms with van der Waals surface area (Å²) in [6.07, 6.45) is 0. The van der Waals surface area contributed by atoms with Gasteiger partial charge in [0.05, 0.1) is 17.4 Å². The van der Waals surface area contributed by atoms with Crippen molar-refractivity contribution in [1.82, 2.24) is 10.2 Å². The predicted molar refractivity (Wildman–Crippen MR) is 74.4 cm³/mol. The molecule has 98 valence electrons. The predicted octanol–water partition coefficient (Wildman–Crippen LogP) is 1.34. The van der Waals surface area contributed by atoms with Gasteiger partial charge in [0.1, 0.15) is 6.04 Å². The number of hydrogen-bond acceptors (Lipinski definition) is 3. The Labute approximate surface area is 117 Å². The molecule has 0 aromatic heterocycles. The van der Waals surface area contributed by atoms with E-state index in [1.54, 1.807) is 4.90 Å². The fourth-order valence-corrected chi connectivity index (χ4v) is 2.69. The molecule has 2 heterocycles. The summed E-state index contributed by atoms with van der Waals surface area (Å²) in [6, 6.07) is 7.47. The quantitative estimate of drug-likeness (QED) is 0.847. The molecule has 1 amide bonds. The van der Waals surface area contributed by atoms with Crippen molar-refractivity contribution in [3.05, 3.63) is 29.3 Å². The maximum absolute atomic E-state index is 12.3. The fourth-order valence-electron chi connectivity index (χ4n) is 2.46. The van der Waals surface area contributed by atoms with Gasteiger partial charge in [0, 0.05) is 19.6 Å². The average Bonchev–Trinajstić information content (AvgIpc) is 2.68. The highest BCUT2D eigenvalue weighted by molar-refractivity contribution is 6.33. The molecule has 18 heavy (non-hydrogen) atoms. The van der Waals surface area contributed by atoms with Gasteiger partial charge in [0.25, 0.3) is 0 Å². The second-order valence-electron chi connectivity index (χ2n) is 4.39. The van der Waals surface area contributed by atoms with E-state index in [0.29, 0.717) is 11.7 Å². The smallest absolute Gasteiger partial charge is 0.246 e. The summed E-state index contributed by atoms with van der Waals surface area (Å²) in [5, 5.41) is 3.88. The highest BCUT2D eigenvalue weighted by Crippen LogP contribution is 2.29. The number of hydrogen-bond donors (Lipinski definition) is 1. The highest BCUT2D eigenvalue weighted by atomic mass is 35.5. The van der Waals surface area contributed by atoms with Crippen LogP contribution in [0.15, 0.2) is 24.3 Å². The van der Waals surface area contributed by atoms with E-state index < -0.39 is 0 Å². The van der Waals surface area contributed by atoms with E-state index in [4.69, 9.17) is 11.6 Å². The van der Waals surface area contributed by atoms with Crippen LogP contribution >= 0.6 is 24.0 Å². The van der Waals surface area contributed by atoms with Crippen LogP contribution in [0.3, 0.4) is 0 Å². The molecule has 2 saturated heterocycles. The van der Waals surface area contributed by atoms with E-state index in [-0.39, 0.29) is 24.4 Å². The zero-order chi connectivity index (χ0) is 11.8. The van der Waals surface area contributed by atoms with Crippen LogP contribution in [0.1, 0.15) is 0 Å². The van der Waals surface area contributed by atoms with Crippen molar-refractivity contribution in [3.63, 3.8) is 0 Å². The number of nitrogens with zero attached hydrogens (tertiary/aromatic N) is 2. The van der Waals surface area contributed by atoms with Gasteiger partial charge in [-0.15, -0.1) is 12.4 Å². The van der Waals surface area contributed by atoms with Gasteiger partial charge < -0.3 is 5.32 Å². The molecule has 1 N–H and O–H groups in total. The molecule has 1 aromatic carbocycles. The van der Waals surface area contributed by atoms with Crippen LogP contribution in [-0.4, -0.2) is 43.2 Å². The van der Waals surface area contributed by atoms with Crippen molar-refractivity contribution in [2.75, 3.05) is 31.2 Å². The van der Waals surface area contributed by atoms with E-state index in [1.807, 2.05) is 24.3 Å². The number of rotatable bonds is 1. The Morgan fingerprint density at radius 2 is 2.11 bits per heavy atom. The Hall–Kier alpha value is -0.810. The average molecular weight is 288 g/mol. The summed E-state index contributed by atoms with van der Waals surface area (Å²) in [7, 11) is 0. The molecule has 0 saturated carbocycles. The largest absolute Gasteiger partial charge is 0.313 e. The van der Waals surface area contributed by atoms with Crippen LogP contribution in [0.4, 0.5) is 5.69 Å². The Bertz CT molecular complexity index is 455. The first-order valence-electron chi connectivity index (χ1n) is 5.78. The lowest BCUT2D eigenvalue weighted by Gasteiger charge is -2.26. The Morgan fingerprint density at radius 3 is 2.83 bits per heavy atom. The molecule has 1 unspecified atom stereocenters. The van der Waals surface area contributed by atoms with E-state index in [9.17, 15) is 4.79 Å². The number of carbonyl (C=O) groups is 1. The van der Waals surface area contributed by atoms with E-state index in [1.165, 1.54) is 0 Å². The fraction of sp³-hybridized carbons (Fsp3) is 0.417. The number of para-hydroxylation sites is 1.